The van der Waals surface area contributed by atoms with Crippen molar-refractivity contribution >= 4 is 40.7 Å². The molecule has 1 aliphatic rings. The molecule has 0 spiro atoms. The molecule has 0 radical (unpaired) electrons. The molecule has 5 N–H and O–H groups in total. The Morgan fingerprint density at radius 3 is 2.52 bits per heavy atom. The van der Waals surface area contributed by atoms with Crippen molar-refractivity contribution in [3.8, 4) is 5.75 Å². The third-order valence-corrected chi connectivity index (χ3v) is 5.32. The zero-order valence-corrected chi connectivity index (χ0v) is 16.2. The smallest absolute Gasteiger partial charge is 0.273 e. The van der Waals surface area contributed by atoms with Crippen LogP contribution in [0.1, 0.15) is 39.4 Å². The van der Waals surface area contributed by atoms with E-state index in [1.807, 2.05) is 0 Å². The zero-order chi connectivity index (χ0) is 19.6. The number of anilines is 1. The molecule has 0 saturated carbocycles. The SMILES string of the molecule is Cc1[nH]c(C(=O)Nc2ccc(C(N)=O)cc2OC2CCNCC2)c(Cl)c1Cl. The molecular weight excluding hydrogens is 391 g/mol. The first-order valence-corrected chi connectivity index (χ1v) is 9.28. The highest BCUT2D eigenvalue weighted by Crippen LogP contribution is 2.32. The highest BCUT2D eigenvalue weighted by molar-refractivity contribution is 6.44. The summed E-state index contributed by atoms with van der Waals surface area (Å²) in [6, 6.07) is 4.65. The molecule has 2 aromatic rings. The summed E-state index contributed by atoms with van der Waals surface area (Å²) >= 11 is 12.1. The number of benzene rings is 1. The maximum Gasteiger partial charge on any atom is 0.273 e. The minimum Gasteiger partial charge on any atom is -0.488 e. The molecule has 1 fully saturated rings. The van der Waals surface area contributed by atoms with Gasteiger partial charge in [0.2, 0.25) is 5.91 Å². The van der Waals surface area contributed by atoms with Crippen LogP contribution in [0, 0.1) is 6.92 Å². The molecule has 144 valence electrons. The molecule has 1 aromatic carbocycles. The van der Waals surface area contributed by atoms with E-state index >= 15 is 0 Å². The number of aromatic amines is 1. The average Bonchev–Trinajstić information content (AvgIpc) is 2.91. The Balaban J connectivity index is 1.87. The van der Waals surface area contributed by atoms with Crippen LogP contribution in [0.5, 0.6) is 5.75 Å². The lowest BCUT2D eigenvalue weighted by Gasteiger charge is -2.25. The van der Waals surface area contributed by atoms with Gasteiger partial charge < -0.3 is 26.1 Å². The molecule has 1 aliphatic heterocycles. The van der Waals surface area contributed by atoms with Gasteiger partial charge in [0, 0.05) is 11.3 Å². The number of hydrogen-bond acceptors (Lipinski definition) is 4. The number of aryl methyl sites for hydroxylation is 1. The number of hydrogen-bond donors (Lipinski definition) is 4. The van der Waals surface area contributed by atoms with Gasteiger partial charge in [0.25, 0.3) is 5.91 Å². The van der Waals surface area contributed by atoms with Gasteiger partial charge in [-0.25, -0.2) is 0 Å². The standard InChI is InChI=1S/C18H20Cl2N4O3/c1-9-14(19)15(20)16(23-9)18(26)24-12-3-2-10(17(21)25)8-13(12)27-11-4-6-22-7-5-11/h2-3,8,11,22-23H,4-7H2,1H3,(H2,21,25)(H,24,26). The van der Waals surface area contributed by atoms with E-state index in [0.717, 1.165) is 25.9 Å². The number of ether oxygens (including phenoxy) is 1. The predicted molar refractivity (Wildman–Crippen MR) is 105 cm³/mol. The lowest BCUT2D eigenvalue weighted by atomic mass is 10.1. The fourth-order valence-corrected chi connectivity index (χ4v) is 3.30. The van der Waals surface area contributed by atoms with Gasteiger partial charge in [-0.1, -0.05) is 23.2 Å². The Kier molecular flexibility index (Phi) is 5.94. The Bertz CT molecular complexity index is 876. The van der Waals surface area contributed by atoms with Crippen LogP contribution < -0.4 is 21.1 Å². The normalized spacial score (nSPS) is 14.8. The van der Waals surface area contributed by atoms with Gasteiger partial charge in [0.05, 0.1) is 15.7 Å². The number of carbonyl (C=O) groups is 2. The molecule has 3 rings (SSSR count). The van der Waals surface area contributed by atoms with Gasteiger partial charge in [-0.2, -0.15) is 0 Å². The summed E-state index contributed by atoms with van der Waals surface area (Å²) in [5, 5.41) is 6.47. The first kappa shape index (κ1) is 19.5. The number of H-pyrrole nitrogens is 1. The van der Waals surface area contributed by atoms with Crippen molar-refractivity contribution < 1.29 is 14.3 Å². The van der Waals surface area contributed by atoms with Crippen molar-refractivity contribution in [3.05, 3.63) is 45.2 Å². The van der Waals surface area contributed by atoms with Crippen molar-refractivity contribution in [2.45, 2.75) is 25.9 Å². The molecule has 27 heavy (non-hydrogen) atoms. The van der Waals surface area contributed by atoms with Gasteiger partial charge in [-0.15, -0.1) is 0 Å². The summed E-state index contributed by atoms with van der Waals surface area (Å²) < 4.78 is 6.04. The quantitative estimate of drug-likeness (QED) is 0.606. The molecule has 9 heteroatoms. The lowest BCUT2D eigenvalue weighted by molar-refractivity contribution is 0.0997. The summed E-state index contributed by atoms with van der Waals surface area (Å²) in [4.78, 5) is 27.0. The number of carbonyl (C=O) groups excluding carboxylic acids is 2. The van der Waals surface area contributed by atoms with E-state index in [-0.39, 0.29) is 16.8 Å². The molecule has 0 aliphatic carbocycles. The second-order valence-electron chi connectivity index (χ2n) is 6.35. The van der Waals surface area contributed by atoms with E-state index in [1.54, 1.807) is 13.0 Å². The fourth-order valence-electron chi connectivity index (χ4n) is 2.88. The zero-order valence-electron chi connectivity index (χ0n) is 14.7. The van der Waals surface area contributed by atoms with Crippen molar-refractivity contribution in [1.29, 1.82) is 0 Å². The van der Waals surface area contributed by atoms with Gasteiger partial charge in [-0.3, -0.25) is 9.59 Å². The first-order chi connectivity index (χ1) is 12.9. The van der Waals surface area contributed by atoms with Crippen molar-refractivity contribution in [2.75, 3.05) is 18.4 Å². The Morgan fingerprint density at radius 1 is 1.22 bits per heavy atom. The number of halogens is 2. The van der Waals surface area contributed by atoms with Crippen LogP contribution in [0.15, 0.2) is 18.2 Å². The van der Waals surface area contributed by atoms with Crippen LogP contribution in [0.2, 0.25) is 10.0 Å². The molecule has 0 unspecified atom stereocenters. The number of nitrogens with two attached hydrogens (primary N) is 1. The van der Waals surface area contributed by atoms with Crippen molar-refractivity contribution in [2.24, 2.45) is 5.73 Å². The van der Waals surface area contributed by atoms with E-state index in [1.165, 1.54) is 12.1 Å². The number of rotatable bonds is 5. The molecule has 0 bridgehead atoms. The molecule has 0 atom stereocenters. The van der Waals surface area contributed by atoms with Gasteiger partial charge in [-0.05, 0) is 51.1 Å². The number of aromatic nitrogens is 1. The van der Waals surface area contributed by atoms with Gasteiger partial charge >= 0.3 is 0 Å². The highest BCUT2D eigenvalue weighted by Gasteiger charge is 2.21. The van der Waals surface area contributed by atoms with E-state index in [0.29, 0.717) is 27.7 Å². The summed E-state index contributed by atoms with van der Waals surface area (Å²) in [7, 11) is 0. The molecule has 1 aromatic heterocycles. The largest absolute Gasteiger partial charge is 0.488 e. The van der Waals surface area contributed by atoms with Crippen LogP contribution in [-0.2, 0) is 0 Å². The van der Waals surface area contributed by atoms with Crippen LogP contribution >= 0.6 is 23.2 Å². The third-order valence-electron chi connectivity index (χ3n) is 4.38. The topological polar surface area (TPSA) is 109 Å². The van der Waals surface area contributed by atoms with Crippen LogP contribution in [0.4, 0.5) is 5.69 Å². The van der Waals surface area contributed by atoms with Gasteiger partial charge in [0.1, 0.15) is 17.5 Å². The Labute approximate surface area is 166 Å². The highest BCUT2D eigenvalue weighted by atomic mass is 35.5. The lowest BCUT2D eigenvalue weighted by Crippen LogP contribution is -2.34. The molecule has 2 amide bonds. The van der Waals surface area contributed by atoms with E-state index in [4.69, 9.17) is 33.7 Å². The summed E-state index contributed by atoms with van der Waals surface area (Å²) in [6.45, 7) is 3.41. The van der Waals surface area contributed by atoms with E-state index in [2.05, 4.69) is 15.6 Å². The third kappa shape index (κ3) is 4.37. The van der Waals surface area contributed by atoms with E-state index < -0.39 is 11.8 Å². The minimum absolute atomic E-state index is 0.0178. The number of amides is 2. The molecule has 1 saturated heterocycles. The number of nitrogens with one attached hydrogen (secondary N) is 3. The molecule has 2 heterocycles. The second kappa shape index (κ2) is 8.21. The Morgan fingerprint density at radius 2 is 1.93 bits per heavy atom. The number of piperidine rings is 1. The van der Waals surface area contributed by atoms with E-state index in [9.17, 15) is 9.59 Å². The molecular formula is C18H20Cl2N4O3. The average molecular weight is 411 g/mol. The number of primary amides is 1. The predicted octanol–water partition coefficient (Wildman–Crippen LogP) is 3.11. The summed E-state index contributed by atoms with van der Waals surface area (Å²) in [5.41, 5.74) is 6.85. The first-order valence-electron chi connectivity index (χ1n) is 8.53. The van der Waals surface area contributed by atoms with Crippen LogP contribution in [0.25, 0.3) is 0 Å². The minimum atomic E-state index is -0.571. The van der Waals surface area contributed by atoms with Crippen LogP contribution in [-0.4, -0.2) is 36.0 Å². The second-order valence-corrected chi connectivity index (χ2v) is 7.11. The summed E-state index contributed by atoms with van der Waals surface area (Å²) in [6.07, 6.45) is 1.63. The fraction of sp³-hybridized carbons (Fsp3) is 0.333. The van der Waals surface area contributed by atoms with Gasteiger partial charge in [0.15, 0.2) is 0 Å². The van der Waals surface area contributed by atoms with Crippen LogP contribution in [0.3, 0.4) is 0 Å². The summed E-state index contributed by atoms with van der Waals surface area (Å²) in [5.74, 6) is -0.646. The van der Waals surface area contributed by atoms with Crippen molar-refractivity contribution in [3.63, 3.8) is 0 Å². The maximum absolute atomic E-state index is 12.6. The monoisotopic (exact) mass is 410 g/mol. The molecule has 7 nitrogen and oxygen atoms in total. The van der Waals surface area contributed by atoms with Crippen molar-refractivity contribution in [1.82, 2.24) is 10.3 Å². The Hall–Kier alpha value is -2.22. The maximum atomic E-state index is 12.6.